The maximum absolute atomic E-state index is 12.4. The van der Waals surface area contributed by atoms with Gasteiger partial charge in [0.1, 0.15) is 5.75 Å². The van der Waals surface area contributed by atoms with Crippen LogP contribution in [-0.2, 0) is 14.3 Å². The van der Waals surface area contributed by atoms with Gasteiger partial charge in [-0.25, -0.2) is 0 Å². The highest BCUT2D eigenvalue weighted by Gasteiger charge is 2.23. The van der Waals surface area contributed by atoms with Crippen molar-refractivity contribution in [3.05, 3.63) is 60.2 Å². The minimum atomic E-state index is -0.995. The third-order valence-corrected chi connectivity index (χ3v) is 2.96. The summed E-state index contributed by atoms with van der Waals surface area (Å²) >= 11 is 0. The molecule has 0 heterocycles. The molecule has 2 aromatic carbocycles. The van der Waals surface area contributed by atoms with E-state index in [1.54, 1.807) is 55.6 Å². The van der Waals surface area contributed by atoms with Crippen molar-refractivity contribution in [1.82, 2.24) is 0 Å². The van der Waals surface area contributed by atoms with Crippen LogP contribution in [0, 0.1) is 0 Å². The van der Waals surface area contributed by atoms with Gasteiger partial charge in [-0.2, -0.15) is 0 Å². The number of hydrogen-bond donors (Lipinski definition) is 1. The van der Waals surface area contributed by atoms with Crippen LogP contribution < -0.4 is 10.1 Å². The molecule has 0 spiro atoms. The Hall–Kier alpha value is -2.82. The average molecular weight is 299 g/mol. The first-order valence-corrected chi connectivity index (χ1v) is 6.77. The lowest BCUT2D eigenvalue weighted by molar-refractivity contribution is -0.152. The van der Waals surface area contributed by atoms with Crippen LogP contribution in [-0.4, -0.2) is 19.0 Å². The molecule has 0 fully saturated rings. The molecule has 2 rings (SSSR count). The number of benzene rings is 2. The van der Waals surface area contributed by atoms with Crippen LogP contribution in [0.15, 0.2) is 54.6 Å². The van der Waals surface area contributed by atoms with Gasteiger partial charge in [-0.15, -0.1) is 0 Å². The summed E-state index contributed by atoms with van der Waals surface area (Å²) in [5.41, 5.74) is 1.18. The molecule has 0 saturated heterocycles. The Morgan fingerprint density at radius 1 is 1.05 bits per heavy atom. The fourth-order valence-electron chi connectivity index (χ4n) is 1.98. The van der Waals surface area contributed by atoms with E-state index in [0.717, 1.165) is 0 Å². The largest absolute Gasteiger partial charge is 0.497 e. The predicted octanol–water partition coefficient (Wildman–Crippen LogP) is 2.94. The van der Waals surface area contributed by atoms with E-state index in [0.29, 0.717) is 17.0 Å². The highest BCUT2D eigenvalue weighted by atomic mass is 16.5. The van der Waals surface area contributed by atoms with Gasteiger partial charge in [0, 0.05) is 24.2 Å². The molecule has 0 radical (unpaired) electrons. The van der Waals surface area contributed by atoms with Crippen LogP contribution in [0.4, 0.5) is 5.69 Å². The normalized spacial score (nSPS) is 11.4. The van der Waals surface area contributed by atoms with E-state index in [9.17, 15) is 9.59 Å². The van der Waals surface area contributed by atoms with E-state index < -0.39 is 18.0 Å². The Morgan fingerprint density at radius 3 is 2.41 bits per heavy atom. The smallest absolute Gasteiger partial charge is 0.303 e. The SMILES string of the molecule is COc1cccc(NC(=O)C(OC(C)=O)c2ccccc2)c1. The third kappa shape index (κ3) is 4.09. The molecule has 1 atom stereocenters. The quantitative estimate of drug-likeness (QED) is 0.862. The first kappa shape index (κ1) is 15.6. The van der Waals surface area contributed by atoms with Crippen LogP contribution in [0.3, 0.4) is 0 Å². The van der Waals surface area contributed by atoms with Gasteiger partial charge in [0.15, 0.2) is 0 Å². The molecular formula is C17H17NO4. The minimum absolute atomic E-state index is 0.422. The van der Waals surface area contributed by atoms with Crippen LogP contribution in [0.2, 0.25) is 0 Å². The summed E-state index contributed by atoms with van der Waals surface area (Å²) in [5.74, 6) is -0.314. The molecule has 1 unspecified atom stereocenters. The molecule has 5 nitrogen and oxygen atoms in total. The molecule has 22 heavy (non-hydrogen) atoms. The lowest BCUT2D eigenvalue weighted by atomic mass is 10.1. The zero-order chi connectivity index (χ0) is 15.9. The lowest BCUT2D eigenvalue weighted by Crippen LogP contribution is -2.25. The number of rotatable bonds is 5. The fourth-order valence-corrected chi connectivity index (χ4v) is 1.98. The molecule has 1 N–H and O–H groups in total. The number of carbonyl (C=O) groups excluding carboxylic acids is 2. The van der Waals surface area contributed by atoms with Gasteiger partial charge in [0.05, 0.1) is 7.11 Å². The second-order valence-electron chi connectivity index (χ2n) is 4.62. The maximum atomic E-state index is 12.4. The van der Waals surface area contributed by atoms with E-state index in [1.165, 1.54) is 6.92 Å². The van der Waals surface area contributed by atoms with E-state index >= 15 is 0 Å². The van der Waals surface area contributed by atoms with Crippen molar-refractivity contribution < 1.29 is 19.1 Å². The molecular weight excluding hydrogens is 282 g/mol. The summed E-state index contributed by atoms with van der Waals surface area (Å²) in [4.78, 5) is 23.7. The Bertz CT molecular complexity index is 655. The molecule has 0 aliphatic heterocycles. The van der Waals surface area contributed by atoms with Gasteiger partial charge in [0.25, 0.3) is 5.91 Å². The Morgan fingerprint density at radius 2 is 1.77 bits per heavy atom. The highest BCUT2D eigenvalue weighted by Crippen LogP contribution is 2.22. The number of anilines is 1. The molecule has 2 aromatic rings. The number of methoxy groups -OCH3 is 1. The third-order valence-electron chi connectivity index (χ3n) is 2.96. The van der Waals surface area contributed by atoms with Crippen LogP contribution in [0.1, 0.15) is 18.6 Å². The zero-order valence-electron chi connectivity index (χ0n) is 12.4. The number of esters is 1. The lowest BCUT2D eigenvalue weighted by Gasteiger charge is -2.17. The monoisotopic (exact) mass is 299 g/mol. The highest BCUT2D eigenvalue weighted by molar-refractivity contribution is 5.96. The van der Waals surface area contributed by atoms with Crippen LogP contribution in [0.25, 0.3) is 0 Å². The van der Waals surface area contributed by atoms with E-state index in [-0.39, 0.29) is 0 Å². The summed E-state index contributed by atoms with van der Waals surface area (Å²) in [6.45, 7) is 1.27. The number of nitrogens with one attached hydrogen (secondary N) is 1. The van der Waals surface area contributed by atoms with Crippen molar-refractivity contribution in [2.45, 2.75) is 13.0 Å². The van der Waals surface area contributed by atoms with Crippen molar-refractivity contribution >= 4 is 17.6 Å². The van der Waals surface area contributed by atoms with Crippen molar-refractivity contribution in [2.75, 3.05) is 12.4 Å². The second kappa shape index (κ2) is 7.26. The second-order valence-corrected chi connectivity index (χ2v) is 4.62. The van der Waals surface area contributed by atoms with Gasteiger partial charge in [0.2, 0.25) is 6.10 Å². The Balaban J connectivity index is 2.20. The number of amides is 1. The Kier molecular flexibility index (Phi) is 5.14. The molecule has 0 aliphatic carbocycles. The number of ether oxygens (including phenoxy) is 2. The molecule has 5 heteroatoms. The van der Waals surface area contributed by atoms with Crippen molar-refractivity contribution in [1.29, 1.82) is 0 Å². The fraction of sp³-hybridized carbons (Fsp3) is 0.176. The first-order valence-electron chi connectivity index (χ1n) is 6.77. The predicted molar refractivity (Wildman–Crippen MR) is 82.6 cm³/mol. The summed E-state index contributed by atoms with van der Waals surface area (Å²) in [5, 5.41) is 2.72. The van der Waals surface area contributed by atoms with Gasteiger partial charge < -0.3 is 14.8 Å². The van der Waals surface area contributed by atoms with E-state index in [4.69, 9.17) is 9.47 Å². The summed E-state index contributed by atoms with van der Waals surface area (Å²) in [6, 6.07) is 15.8. The molecule has 114 valence electrons. The Labute approximate surface area is 128 Å². The van der Waals surface area contributed by atoms with Gasteiger partial charge in [-0.3, -0.25) is 9.59 Å². The minimum Gasteiger partial charge on any atom is -0.497 e. The first-order chi connectivity index (χ1) is 10.6. The van der Waals surface area contributed by atoms with Gasteiger partial charge >= 0.3 is 5.97 Å². The molecule has 0 aromatic heterocycles. The van der Waals surface area contributed by atoms with Crippen molar-refractivity contribution in [2.24, 2.45) is 0 Å². The molecule has 0 bridgehead atoms. The average Bonchev–Trinajstić information content (AvgIpc) is 2.53. The van der Waals surface area contributed by atoms with Crippen molar-refractivity contribution in [3.63, 3.8) is 0 Å². The van der Waals surface area contributed by atoms with Gasteiger partial charge in [-0.05, 0) is 12.1 Å². The van der Waals surface area contributed by atoms with Crippen molar-refractivity contribution in [3.8, 4) is 5.75 Å². The summed E-state index contributed by atoms with van der Waals surface area (Å²) < 4.78 is 10.3. The topological polar surface area (TPSA) is 64.6 Å². The van der Waals surface area contributed by atoms with Gasteiger partial charge in [-0.1, -0.05) is 36.4 Å². The molecule has 0 aliphatic rings. The maximum Gasteiger partial charge on any atom is 0.303 e. The number of hydrogen-bond acceptors (Lipinski definition) is 4. The standard InChI is InChI=1S/C17H17NO4/c1-12(19)22-16(13-7-4-3-5-8-13)17(20)18-14-9-6-10-15(11-14)21-2/h3-11,16H,1-2H3,(H,18,20). The van der Waals surface area contributed by atoms with E-state index in [2.05, 4.69) is 5.32 Å². The molecule has 0 saturated carbocycles. The zero-order valence-corrected chi connectivity index (χ0v) is 12.4. The van der Waals surface area contributed by atoms with Crippen LogP contribution in [0.5, 0.6) is 5.75 Å². The summed E-state index contributed by atoms with van der Waals surface area (Å²) in [6.07, 6.45) is -0.995. The van der Waals surface area contributed by atoms with E-state index in [1.807, 2.05) is 6.07 Å². The molecule has 1 amide bonds. The number of carbonyl (C=O) groups is 2. The van der Waals surface area contributed by atoms with Crippen LogP contribution >= 0.6 is 0 Å². The summed E-state index contributed by atoms with van der Waals surface area (Å²) in [7, 11) is 1.55.